The van der Waals surface area contributed by atoms with Crippen LogP contribution in [0.1, 0.15) is 59.9 Å². The lowest BCUT2D eigenvalue weighted by Gasteiger charge is -2.21. The molecule has 5 nitrogen and oxygen atoms in total. The maximum atomic E-state index is 9.81. The molecule has 174 valence electrons. The van der Waals surface area contributed by atoms with E-state index in [1.54, 1.807) is 7.11 Å². The molecular weight excluding hydrogens is 426 g/mol. The van der Waals surface area contributed by atoms with Crippen molar-refractivity contribution in [2.24, 2.45) is 5.92 Å². The van der Waals surface area contributed by atoms with E-state index in [1.165, 1.54) is 24.0 Å². The van der Waals surface area contributed by atoms with Crippen molar-refractivity contribution in [3.05, 3.63) is 63.2 Å². The van der Waals surface area contributed by atoms with E-state index in [0.717, 1.165) is 47.6 Å². The fraction of sp³-hybridized carbons (Fsp3) is 0.538. The van der Waals surface area contributed by atoms with Crippen LogP contribution in [0.2, 0.25) is 5.02 Å². The monoisotopic (exact) mass is 459 g/mol. The van der Waals surface area contributed by atoms with Crippen molar-refractivity contribution in [2.75, 3.05) is 26.9 Å². The van der Waals surface area contributed by atoms with Crippen LogP contribution in [0.25, 0.3) is 0 Å². The molecule has 4 rings (SSSR count). The van der Waals surface area contributed by atoms with Gasteiger partial charge in [-0.3, -0.25) is 0 Å². The maximum absolute atomic E-state index is 9.81. The summed E-state index contributed by atoms with van der Waals surface area (Å²) < 4.78 is 12.0. The molecule has 6 heteroatoms. The predicted octanol–water partition coefficient (Wildman–Crippen LogP) is 4.80. The molecule has 0 radical (unpaired) electrons. The Morgan fingerprint density at radius 1 is 1.22 bits per heavy atom. The summed E-state index contributed by atoms with van der Waals surface area (Å²) in [4.78, 5) is 4.92. The first kappa shape index (κ1) is 23.5. The minimum Gasteiger partial charge on any atom is -0.491 e. The summed E-state index contributed by atoms with van der Waals surface area (Å²) in [6.07, 6.45) is 4.74. The van der Waals surface area contributed by atoms with E-state index in [0.29, 0.717) is 30.7 Å². The molecule has 2 N–H and O–H groups in total. The highest BCUT2D eigenvalue weighted by atomic mass is 35.5. The molecule has 0 spiro atoms. The Bertz CT molecular complexity index is 898. The number of nitrogens with one attached hydrogen (secondary N) is 1. The van der Waals surface area contributed by atoms with Crippen LogP contribution in [-0.4, -0.2) is 38.1 Å². The molecule has 0 bridgehead atoms. The van der Waals surface area contributed by atoms with Crippen LogP contribution in [0.15, 0.2) is 30.3 Å². The Labute approximate surface area is 196 Å². The van der Waals surface area contributed by atoms with Crippen molar-refractivity contribution in [1.82, 2.24) is 5.48 Å². The molecule has 2 aromatic carbocycles. The first-order valence-electron chi connectivity index (χ1n) is 11.6. The Balaban J connectivity index is 1.46. The second-order valence-corrected chi connectivity index (χ2v) is 9.49. The minimum atomic E-state index is -0.226. The molecule has 1 heterocycles. The van der Waals surface area contributed by atoms with Crippen LogP contribution in [0, 0.1) is 5.92 Å². The number of aliphatic hydroxyl groups excluding tert-OH is 1. The van der Waals surface area contributed by atoms with E-state index in [9.17, 15) is 5.11 Å². The van der Waals surface area contributed by atoms with Crippen molar-refractivity contribution < 1.29 is 19.4 Å². The molecule has 1 aliphatic carbocycles. The summed E-state index contributed by atoms with van der Waals surface area (Å²) >= 11 is 6.75. The number of benzene rings is 2. The summed E-state index contributed by atoms with van der Waals surface area (Å²) in [5.74, 6) is 1.88. The summed E-state index contributed by atoms with van der Waals surface area (Å²) in [6.45, 7) is 3.89. The smallest absolute Gasteiger partial charge is 0.141 e. The average Bonchev–Trinajstić information content (AvgIpc) is 3.54. The maximum Gasteiger partial charge on any atom is 0.141 e. The number of rotatable bonds is 12. The van der Waals surface area contributed by atoms with Gasteiger partial charge in [0.2, 0.25) is 0 Å². The standard InChI is InChI=1S/C26H34ClNO4/c1-17(14-28-30-2)11-23(15-29)32-16-22-13-21(25(27)26-24(22)9-10-31-26)12-18-3-5-19(6-4-18)20-7-8-20/h3-6,13,17,20,23,28-29H,7-12,14-16H2,1-2H3. The molecule has 2 aromatic rings. The van der Waals surface area contributed by atoms with Gasteiger partial charge in [0, 0.05) is 18.5 Å². The van der Waals surface area contributed by atoms with Gasteiger partial charge in [-0.15, -0.1) is 0 Å². The Morgan fingerprint density at radius 3 is 2.69 bits per heavy atom. The summed E-state index contributed by atoms with van der Waals surface area (Å²) in [5, 5.41) is 10.5. The highest BCUT2D eigenvalue weighted by molar-refractivity contribution is 6.33. The second kappa shape index (κ2) is 11.0. The van der Waals surface area contributed by atoms with Crippen molar-refractivity contribution in [1.29, 1.82) is 0 Å². The fourth-order valence-corrected chi connectivity index (χ4v) is 4.72. The molecule has 0 amide bonds. The van der Waals surface area contributed by atoms with Crippen LogP contribution >= 0.6 is 11.6 Å². The first-order valence-corrected chi connectivity index (χ1v) is 12.0. The molecule has 2 unspecified atom stereocenters. The first-order chi connectivity index (χ1) is 15.6. The number of hydrogen-bond acceptors (Lipinski definition) is 5. The third kappa shape index (κ3) is 5.83. The zero-order valence-electron chi connectivity index (χ0n) is 19.0. The van der Waals surface area contributed by atoms with Gasteiger partial charge in [-0.1, -0.05) is 48.9 Å². The number of ether oxygens (including phenoxy) is 2. The van der Waals surface area contributed by atoms with Crippen LogP contribution in [0.3, 0.4) is 0 Å². The molecule has 1 aliphatic heterocycles. The van der Waals surface area contributed by atoms with E-state index in [1.807, 2.05) is 0 Å². The zero-order chi connectivity index (χ0) is 22.5. The zero-order valence-corrected chi connectivity index (χ0v) is 19.8. The lowest BCUT2D eigenvalue weighted by atomic mass is 9.97. The fourth-order valence-electron chi connectivity index (χ4n) is 4.43. The van der Waals surface area contributed by atoms with Gasteiger partial charge in [0.25, 0.3) is 0 Å². The highest BCUT2D eigenvalue weighted by Crippen LogP contribution is 2.41. The largest absolute Gasteiger partial charge is 0.491 e. The molecule has 2 atom stereocenters. The van der Waals surface area contributed by atoms with Crippen molar-refractivity contribution in [3.8, 4) is 5.75 Å². The van der Waals surface area contributed by atoms with Crippen LogP contribution in [0.4, 0.5) is 0 Å². The minimum absolute atomic E-state index is 0.0101. The van der Waals surface area contributed by atoms with Gasteiger partial charge in [0.05, 0.1) is 38.1 Å². The number of aliphatic hydroxyl groups is 1. The van der Waals surface area contributed by atoms with Gasteiger partial charge in [-0.25, -0.2) is 5.48 Å². The lowest BCUT2D eigenvalue weighted by Crippen LogP contribution is -2.27. The SMILES string of the molecule is CONCC(C)CC(CO)OCc1cc(Cc2ccc(C3CC3)cc2)c(Cl)c2c1CCO2. The Morgan fingerprint density at radius 2 is 2.00 bits per heavy atom. The van der Waals surface area contributed by atoms with Crippen LogP contribution in [0.5, 0.6) is 5.75 Å². The quantitative estimate of drug-likeness (QED) is 0.446. The second-order valence-electron chi connectivity index (χ2n) is 9.12. The van der Waals surface area contributed by atoms with Gasteiger partial charge >= 0.3 is 0 Å². The Hall–Kier alpha value is -1.63. The van der Waals surface area contributed by atoms with Gasteiger partial charge in [-0.05, 0) is 59.8 Å². The third-order valence-electron chi connectivity index (χ3n) is 6.43. The summed E-state index contributed by atoms with van der Waals surface area (Å²) in [7, 11) is 1.61. The summed E-state index contributed by atoms with van der Waals surface area (Å²) in [6, 6.07) is 11.1. The molecule has 1 fully saturated rings. The highest BCUT2D eigenvalue weighted by Gasteiger charge is 2.25. The van der Waals surface area contributed by atoms with Crippen LogP contribution in [-0.2, 0) is 29.0 Å². The van der Waals surface area contributed by atoms with Gasteiger partial charge in [-0.2, -0.15) is 0 Å². The topological polar surface area (TPSA) is 60.0 Å². The van der Waals surface area contributed by atoms with Gasteiger partial charge in [0.1, 0.15) is 5.75 Å². The third-order valence-corrected chi connectivity index (χ3v) is 6.85. The van der Waals surface area contributed by atoms with E-state index in [-0.39, 0.29) is 12.7 Å². The molecular formula is C26H34ClNO4. The van der Waals surface area contributed by atoms with E-state index < -0.39 is 0 Å². The predicted molar refractivity (Wildman–Crippen MR) is 126 cm³/mol. The summed E-state index contributed by atoms with van der Waals surface area (Å²) in [5.41, 5.74) is 8.85. The van der Waals surface area contributed by atoms with Gasteiger partial charge < -0.3 is 19.4 Å². The van der Waals surface area contributed by atoms with Crippen LogP contribution < -0.4 is 10.2 Å². The van der Waals surface area contributed by atoms with E-state index >= 15 is 0 Å². The number of hydrogen-bond donors (Lipinski definition) is 2. The van der Waals surface area contributed by atoms with E-state index in [4.69, 9.17) is 25.9 Å². The van der Waals surface area contributed by atoms with E-state index in [2.05, 4.69) is 42.7 Å². The molecule has 0 saturated heterocycles. The van der Waals surface area contributed by atoms with Crippen molar-refractivity contribution in [3.63, 3.8) is 0 Å². The molecule has 2 aliphatic rings. The lowest BCUT2D eigenvalue weighted by molar-refractivity contribution is -0.0144. The van der Waals surface area contributed by atoms with Gasteiger partial charge in [0.15, 0.2) is 0 Å². The average molecular weight is 460 g/mol. The van der Waals surface area contributed by atoms with Crippen molar-refractivity contribution >= 4 is 11.6 Å². The molecule has 1 saturated carbocycles. The Kier molecular flexibility index (Phi) is 8.08. The van der Waals surface area contributed by atoms with Crippen molar-refractivity contribution in [2.45, 2.75) is 57.7 Å². The molecule has 0 aromatic heterocycles. The number of hydroxylamine groups is 1. The molecule has 32 heavy (non-hydrogen) atoms. The number of halogens is 1. The normalized spacial score (nSPS) is 17.1. The number of fused-ring (bicyclic) bond motifs is 1.